The number of nitro groups is 1. The van der Waals surface area contributed by atoms with Crippen LogP contribution in [-0.4, -0.2) is 59.4 Å². The van der Waals surface area contributed by atoms with Crippen molar-refractivity contribution in [2.45, 2.75) is 58.7 Å². The number of non-ortho nitro benzene ring substituents is 1. The highest BCUT2D eigenvalue weighted by Gasteiger charge is 2.23. The van der Waals surface area contributed by atoms with Crippen LogP contribution in [0.25, 0.3) is 0 Å². The van der Waals surface area contributed by atoms with Crippen LogP contribution in [0, 0.1) is 10.1 Å². The van der Waals surface area contributed by atoms with E-state index in [1.54, 1.807) is 12.1 Å². The van der Waals surface area contributed by atoms with E-state index >= 15 is 0 Å². The molecule has 3 N–H and O–H groups in total. The number of rotatable bonds is 8. The van der Waals surface area contributed by atoms with E-state index in [1.807, 2.05) is 20.8 Å². The fourth-order valence-electron chi connectivity index (χ4n) is 3.45. The Bertz CT molecular complexity index is 748. The van der Waals surface area contributed by atoms with Gasteiger partial charge < -0.3 is 16.0 Å². The normalized spacial score (nSPS) is 17.0. The van der Waals surface area contributed by atoms with Crippen LogP contribution in [0.5, 0.6) is 0 Å². The molecule has 1 fully saturated rings. The predicted octanol–water partition coefficient (Wildman–Crippen LogP) is 2.65. The molecule has 1 aromatic carbocycles. The number of benzene rings is 1. The Kier molecular flexibility index (Phi) is 11.2. The highest BCUT2D eigenvalue weighted by atomic mass is 127. The molecule has 1 saturated heterocycles. The van der Waals surface area contributed by atoms with Gasteiger partial charge in [0.15, 0.2) is 5.96 Å². The minimum absolute atomic E-state index is 0. The number of nitro benzene ring substituents is 1. The number of aliphatic imine (C=N–C) groups is 1. The standard InChI is InChI=1S/C21H34N6O3.HI/c1-5-26-12-6-7-18(26)14-23-20(24-15-19(28)25-21(2,3)4)22-13-16-8-10-17(11-9-16)27(29)30;/h8-11,18H,5-7,12-15H2,1-4H3,(H,25,28)(H2,22,23,24);1H. The molecule has 1 atom stereocenters. The summed E-state index contributed by atoms with van der Waals surface area (Å²) in [6.07, 6.45) is 2.33. The molecular weight excluding hydrogens is 511 g/mol. The molecule has 1 amide bonds. The number of guanidine groups is 1. The van der Waals surface area contributed by atoms with Crippen LogP contribution >= 0.6 is 24.0 Å². The molecule has 0 bridgehead atoms. The van der Waals surface area contributed by atoms with E-state index in [2.05, 4.69) is 32.8 Å². The zero-order valence-corrected chi connectivity index (χ0v) is 21.1. The van der Waals surface area contributed by atoms with Crippen LogP contribution in [0.1, 0.15) is 46.1 Å². The molecule has 9 nitrogen and oxygen atoms in total. The third-order valence-corrected chi connectivity index (χ3v) is 4.91. The van der Waals surface area contributed by atoms with Gasteiger partial charge in [0.05, 0.1) is 18.0 Å². The molecule has 0 radical (unpaired) electrons. The molecule has 10 heteroatoms. The number of hydrogen-bond donors (Lipinski definition) is 3. The second kappa shape index (κ2) is 12.8. The largest absolute Gasteiger partial charge is 0.355 e. The molecule has 1 aromatic rings. The first kappa shape index (κ1) is 27.1. The maximum Gasteiger partial charge on any atom is 0.269 e. The molecule has 0 saturated carbocycles. The first-order valence-electron chi connectivity index (χ1n) is 10.5. The van der Waals surface area contributed by atoms with Crippen LogP contribution in [0.3, 0.4) is 0 Å². The van der Waals surface area contributed by atoms with Gasteiger partial charge in [-0.1, -0.05) is 19.1 Å². The first-order valence-corrected chi connectivity index (χ1v) is 10.5. The molecule has 174 valence electrons. The molecule has 0 spiro atoms. The molecular formula is C21H35IN6O3. The number of hydrogen-bond acceptors (Lipinski definition) is 5. The van der Waals surface area contributed by atoms with Gasteiger partial charge in [0.2, 0.25) is 5.91 Å². The third kappa shape index (κ3) is 9.81. The predicted molar refractivity (Wildman–Crippen MR) is 134 cm³/mol. The van der Waals surface area contributed by atoms with Crippen molar-refractivity contribution in [1.82, 2.24) is 20.9 Å². The van der Waals surface area contributed by atoms with E-state index < -0.39 is 4.92 Å². The van der Waals surface area contributed by atoms with Crippen molar-refractivity contribution in [3.8, 4) is 0 Å². The van der Waals surface area contributed by atoms with Crippen molar-refractivity contribution in [2.24, 2.45) is 4.99 Å². The lowest BCUT2D eigenvalue weighted by molar-refractivity contribution is -0.384. The Balaban J connectivity index is 0.00000480. The van der Waals surface area contributed by atoms with E-state index in [0.29, 0.717) is 18.5 Å². The maximum atomic E-state index is 12.2. The van der Waals surface area contributed by atoms with Gasteiger partial charge in [0, 0.05) is 30.3 Å². The van der Waals surface area contributed by atoms with E-state index in [1.165, 1.54) is 18.6 Å². The fraction of sp³-hybridized carbons (Fsp3) is 0.619. The summed E-state index contributed by atoms with van der Waals surface area (Å²) in [5.74, 6) is 0.448. The van der Waals surface area contributed by atoms with Crippen molar-refractivity contribution in [1.29, 1.82) is 0 Å². The van der Waals surface area contributed by atoms with Crippen molar-refractivity contribution in [3.63, 3.8) is 0 Å². The van der Waals surface area contributed by atoms with Gasteiger partial charge in [-0.05, 0) is 52.3 Å². The summed E-state index contributed by atoms with van der Waals surface area (Å²) in [6, 6.07) is 6.78. The Morgan fingerprint density at radius 2 is 1.94 bits per heavy atom. The van der Waals surface area contributed by atoms with Crippen LogP contribution in [-0.2, 0) is 11.3 Å². The van der Waals surface area contributed by atoms with Gasteiger partial charge in [0.1, 0.15) is 0 Å². The molecule has 0 aliphatic carbocycles. The lowest BCUT2D eigenvalue weighted by atomic mass is 10.1. The molecule has 0 aromatic heterocycles. The van der Waals surface area contributed by atoms with Gasteiger partial charge in [-0.15, -0.1) is 24.0 Å². The highest BCUT2D eigenvalue weighted by molar-refractivity contribution is 14.0. The number of halogens is 1. The van der Waals surface area contributed by atoms with Crippen molar-refractivity contribution < 1.29 is 9.72 Å². The minimum Gasteiger partial charge on any atom is -0.355 e. The minimum atomic E-state index is -0.420. The zero-order valence-electron chi connectivity index (χ0n) is 18.8. The second-order valence-corrected chi connectivity index (χ2v) is 8.55. The topological polar surface area (TPSA) is 112 Å². The quantitative estimate of drug-likeness (QED) is 0.152. The molecule has 1 aliphatic rings. The van der Waals surface area contributed by atoms with Crippen LogP contribution in [0.4, 0.5) is 5.69 Å². The summed E-state index contributed by atoms with van der Waals surface area (Å²) < 4.78 is 0. The van der Waals surface area contributed by atoms with E-state index in [9.17, 15) is 14.9 Å². The summed E-state index contributed by atoms with van der Waals surface area (Å²) in [6.45, 7) is 11.3. The molecule has 1 unspecified atom stereocenters. The number of likely N-dealkylation sites (tertiary alicyclic amines) is 1. The van der Waals surface area contributed by atoms with E-state index in [0.717, 1.165) is 31.6 Å². The average molecular weight is 546 g/mol. The van der Waals surface area contributed by atoms with Crippen LogP contribution in [0.15, 0.2) is 29.3 Å². The number of nitrogens with zero attached hydrogens (tertiary/aromatic N) is 3. The van der Waals surface area contributed by atoms with Crippen LogP contribution in [0.2, 0.25) is 0 Å². The molecule has 31 heavy (non-hydrogen) atoms. The summed E-state index contributed by atoms with van der Waals surface area (Å²) >= 11 is 0. The van der Waals surface area contributed by atoms with Crippen LogP contribution < -0.4 is 16.0 Å². The summed E-state index contributed by atoms with van der Waals surface area (Å²) in [5, 5.41) is 20.2. The van der Waals surface area contributed by atoms with Crippen molar-refractivity contribution >= 4 is 41.5 Å². The summed E-state index contributed by atoms with van der Waals surface area (Å²) in [7, 11) is 0. The smallest absolute Gasteiger partial charge is 0.269 e. The molecule has 2 rings (SSSR count). The van der Waals surface area contributed by atoms with E-state index in [4.69, 9.17) is 0 Å². The summed E-state index contributed by atoms with van der Waals surface area (Å²) in [4.78, 5) is 29.6. The fourth-order valence-corrected chi connectivity index (χ4v) is 3.45. The first-order chi connectivity index (χ1) is 14.2. The van der Waals surface area contributed by atoms with Crippen molar-refractivity contribution in [3.05, 3.63) is 39.9 Å². The average Bonchev–Trinajstić information content (AvgIpc) is 3.14. The maximum absolute atomic E-state index is 12.2. The van der Waals surface area contributed by atoms with Gasteiger partial charge in [-0.2, -0.15) is 0 Å². The van der Waals surface area contributed by atoms with Gasteiger partial charge in [0.25, 0.3) is 5.69 Å². The third-order valence-electron chi connectivity index (χ3n) is 4.91. The zero-order chi connectivity index (χ0) is 22.1. The molecule has 1 aliphatic heterocycles. The highest BCUT2D eigenvalue weighted by Crippen LogP contribution is 2.15. The van der Waals surface area contributed by atoms with E-state index in [-0.39, 0.29) is 47.7 Å². The lowest BCUT2D eigenvalue weighted by Gasteiger charge is -2.24. The number of nitrogens with one attached hydrogen (secondary N) is 3. The number of likely N-dealkylation sites (N-methyl/N-ethyl adjacent to an activating group) is 1. The monoisotopic (exact) mass is 546 g/mol. The number of carbonyl (C=O) groups is 1. The van der Waals surface area contributed by atoms with Gasteiger partial charge in [-0.3, -0.25) is 19.8 Å². The van der Waals surface area contributed by atoms with Crippen molar-refractivity contribution in [2.75, 3.05) is 26.2 Å². The van der Waals surface area contributed by atoms with Gasteiger partial charge >= 0.3 is 0 Å². The Morgan fingerprint density at radius 3 is 2.52 bits per heavy atom. The number of amides is 1. The Morgan fingerprint density at radius 1 is 1.26 bits per heavy atom. The Hall–Kier alpha value is -1.95. The SMILES string of the molecule is CCN1CCCC1CNC(=NCc1ccc([N+](=O)[O-])cc1)NCC(=O)NC(C)(C)C.I. The van der Waals surface area contributed by atoms with Gasteiger partial charge in [-0.25, -0.2) is 4.99 Å². The second-order valence-electron chi connectivity index (χ2n) is 8.55. The Labute approximate surface area is 201 Å². The molecule has 1 heterocycles. The number of carbonyl (C=O) groups excluding carboxylic acids is 1. The lowest BCUT2D eigenvalue weighted by Crippen LogP contribution is -2.50. The summed E-state index contributed by atoms with van der Waals surface area (Å²) in [5.41, 5.74) is 0.615.